The smallest absolute Gasteiger partial charge is 0.229 e. The van der Waals surface area contributed by atoms with Crippen LogP contribution in [0.15, 0.2) is 23.6 Å². The number of amides is 1. The van der Waals surface area contributed by atoms with E-state index in [-0.39, 0.29) is 11.8 Å². The topological polar surface area (TPSA) is 72.7 Å². The number of carbonyl (C=O) groups excluding carboxylic acids is 1. The molecule has 0 fully saturated rings. The minimum absolute atomic E-state index is 0.108. The van der Waals surface area contributed by atoms with Crippen molar-refractivity contribution in [3.63, 3.8) is 0 Å². The molecule has 0 bridgehead atoms. The number of hydrogen-bond donors (Lipinski definition) is 1. The lowest BCUT2D eigenvalue weighted by Gasteiger charge is -2.20. The highest BCUT2D eigenvalue weighted by molar-refractivity contribution is 7.14. The maximum absolute atomic E-state index is 13.4. The third kappa shape index (κ3) is 3.10. The molecule has 1 aliphatic carbocycles. The molecule has 0 saturated heterocycles. The van der Waals surface area contributed by atoms with Crippen molar-refractivity contribution in [2.75, 3.05) is 5.32 Å². The Labute approximate surface area is 151 Å². The lowest BCUT2D eigenvalue weighted by molar-refractivity contribution is -0.120. The molecule has 26 heavy (non-hydrogen) atoms. The summed E-state index contributed by atoms with van der Waals surface area (Å²) in [6.07, 6.45) is 2.02. The number of fused-ring (bicyclic) bond motifs is 1. The number of anilines is 1. The number of nitrogens with one attached hydrogen (secondary N) is 1. The fourth-order valence-corrected chi connectivity index (χ4v) is 3.78. The van der Waals surface area contributed by atoms with Crippen molar-refractivity contribution in [2.24, 2.45) is 13.0 Å². The van der Waals surface area contributed by atoms with Crippen molar-refractivity contribution >= 4 is 22.4 Å². The highest BCUT2D eigenvalue weighted by Crippen LogP contribution is 2.28. The molecule has 2 aromatic heterocycles. The summed E-state index contributed by atoms with van der Waals surface area (Å²) < 4.78 is 28.1. The lowest BCUT2D eigenvalue weighted by Crippen LogP contribution is -2.29. The highest BCUT2D eigenvalue weighted by atomic mass is 32.1. The zero-order valence-corrected chi connectivity index (χ0v) is 14.7. The van der Waals surface area contributed by atoms with Crippen molar-refractivity contribution in [1.29, 1.82) is 0 Å². The fraction of sp³-hybridized carbons (Fsp3) is 0.294. The lowest BCUT2D eigenvalue weighted by atomic mass is 9.89. The van der Waals surface area contributed by atoms with Crippen molar-refractivity contribution in [3.8, 4) is 11.3 Å². The summed E-state index contributed by atoms with van der Waals surface area (Å²) in [6.45, 7) is 0. The second-order valence-corrected chi connectivity index (χ2v) is 7.06. The van der Waals surface area contributed by atoms with E-state index in [1.165, 1.54) is 17.4 Å². The molecule has 0 radical (unpaired) electrons. The van der Waals surface area contributed by atoms with Crippen LogP contribution in [0.4, 0.5) is 13.9 Å². The fourth-order valence-electron chi connectivity index (χ4n) is 3.06. The molecule has 0 saturated carbocycles. The maximum atomic E-state index is 13.4. The predicted octanol–water partition coefficient (Wildman–Crippen LogP) is 2.96. The van der Waals surface area contributed by atoms with Crippen LogP contribution >= 0.6 is 11.3 Å². The number of rotatable bonds is 3. The second-order valence-electron chi connectivity index (χ2n) is 6.20. The Morgan fingerprint density at radius 3 is 3.00 bits per heavy atom. The molecule has 3 aromatic rings. The third-order valence-electron chi connectivity index (χ3n) is 4.51. The molecule has 2 heterocycles. The van der Waals surface area contributed by atoms with Gasteiger partial charge in [-0.15, -0.1) is 16.4 Å². The first-order chi connectivity index (χ1) is 12.5. The van der Waals surface area contributed by atoms with E-state index in [2.05, 4.69) is 20.6 Å². The summed E-state index contributed by atoms with van der Waals surface area (Å²) in [5.41, 5.74) is 2.89. The van der Waals surface area contributed by atoms with Gasteiger partial charge in [-0.25, -0.2) is 13.8 Å². The normalized spacial score (nSPS) is 16.3. The average molecular weight is 375 g/mol. The summed E-state index contributed by atoms with van der Waals surface area (Å²) in [5, 5.41) is 13.0. The Balaban J connectivity index is 1.46. The summed E-state index contributed by atoms with van der Waals surface area (Å²) >= 11 is 1.25. The summed E-state index contributed by atoms with van der Waals surface area (Å²) in [5.74, 6) is -2.11. The van der Waals surface area contributed by atoms with Crippen molar-refractivity contribution in [2.45, 2.75) is 19.3 Å². The number of aromatic nitrogens is 4. The Morgan fingerprint density at radius 2 is 2.19 bits per heavy atom. The number of nitrogens with zero attached hydrogens (tertiary/aromatic N) is 4. The molecule has 0 aliphatic heterocycles. The van der Waals surface area contributed by atoms with Gasteiger partial charge in [-0.05, 0) is 31.0 Å². The van der Waals surface area contributed by atoms with Gasteiger partial charge in [0.05, 0.1) is 17.1 Å². The van der Waals surface area contributed by atoms with Crippen LogP contribution in [0.2, 0.25) is 0 Å². The quantitative estimate of drug-likeness (QED) is 0.764. The maximum Gasteiger partial charge on any atom is 0.229 e. The molecular formula is C17H15F2N5OS. The minimum atomic E-state index is -0.927. The van der Waals surface area contributed by atoms with E-state index < -0.39 is 11.6 Å². The van der Waals surface area contributed by atoms with Gasteiger partial charge in [-0.3, -0.25) is 9.48 Å². The average Bonchev–Trinajstić information content (AvgIpc) is 3.24. The van der Waals surface area contributed by atoms with E-state index in [4.69, 9.17) is 0 Å². The summed E-state index contributed by atoms with van der Waals surface area (Å²) in [7, 11) is 1.82. The number of aryl methyl sites for hydroxylation is 2. The first-order valence-electron chi connectivity index (χ1n) is 8.10. The monoisotopic (exact) mass is 375 g/mol. The number of hydrogen-bond acceptors (Lipinski definition) is 5. The van der Waals surface area contributed by atoms with E-state index in [9.17, 15) is 13.6 Å². The molecule has 134 valence electrons. The Bertz CT molecular complexity index is 983. The van der Waals surface area contributed by atoms with Crippen molar-refractivity contribution < 1.29 is 13.6 Å². The third-order valence-corrected chi connectivity index (χ3v) is 5.27. The second kappa shape index (κ2) is 6.56. The molecular weight excluding hydrogens is 360 g/mol. The van der Waals surface area contributed by atoms with Crippen LogP contribution in [0.5, 0.6) is 0 Å². The Hall–Kier alpha value is -2.68. The first kappa shape index (κ1) is 16.8. The molecule has 1 aliphatic rings. The molecule has 1 unspecified atom stereocenters. The van der Waals surface area contributed by atoms with Gasteiger partial charge >= 0.3 is 0 Å². The van der Waals surface area contributed by atoms with Crippen LogP contribution in [0, 0.1) is 17.6 Å². The van der Waals surface area contributed by atoms with Crippen LogP contribution in [-0.4, -0.2) is 25.9 Å². The van der Waals surface area contributed by atoms with Crippen molar-refractivity contribution in [1.82, 2.24) is 20.0 Å². The molecule has 1 N–H and O–H groups in total. The van der Waals surface area contributed by atoms with Crippen LogP contribution in [0.3, 0.4) is 0 Å². The van der Waals surface area contributed by atoms with Gasteiger partial charge in [0.15, 0.2) is 16.8 Å². The van der Waals surface area contributed by atoms with E-state index in [0.717, 1.165) is 29.9 Å². The number of halogens is 2. The minimum Gasteiger partial charge on any atom is -0.302 e. The molecule has 1 aromatic carbocycles. The first-order valence-corrected chi connectivity index (χ1v) is 8.98. The van der Waals surface area contributed by atoms with Gasteiger partial charge in [0.25, 0.3) is 0 Å². The number of carbonyl (C=O) groups is 1. The largest absolute Gasteiger partial charge is 0.302 e. The predicted molar refractivity (Wildman–Crippen MR) is 92.6 cm³/mol. The van der Waals surface area contributed by atoms with Gasteiger partial charge in [0.2, 0.25) is 5.91 Å². The van der Waals surface area contributed by atoms with Crippen LogP contribution in [0.1, 0.15) is 17.8 Å². The summed E-state index contributed by atoms with van der Waals surface area (Å²) in [4.78, 5) is 16.9. The van der Waals surface area contributed by atoms with Crippen LogP contribution in [-0.2, 0) is 24.7 Å². The van der Waals surface area contributed by atoms with Gasteiger partial charge in [0, 0.05) is 30.3 Å². The standard InChI is InChI=1S/C17H15F2N5OS/c1-24-15-7-10(3-5-13(15)22-23-24)16(25)21-17-20-14(8-26-17)9-2-4-11(18)12(19)6-9/h2,4,6,8,10H,3,5,7H2,1H3,(H,20,21,25). The van der Waals surface area contributed by atoms with Gasteiger partial charge < -0.3 is 5.32 Å². The number of thiazole rings is 1. The Kier molecular flexibility index (Phi) is 4.23. The zero-order chi connectivity index (χ0) is 18.3. The number of benzene rings is 1. The van der Waals surface area contributed by atoms with Crippen molar-refractivity contribution in [3.05, 3.63) is 46.6 Å². The van der Waals surface area contributed by atoms with Crippen LogP contribution < -0.4 is 5.32 Å². The SMILES string of the molecule is Cn1nnc2c1CC(C(=O)Nc1nc(-c3ccc(F)c(F)c3)cs1)CC2. The van der Waals surface area contributed by atoms with E-state index in [1.807, 2.05) is 7.05 Å². The molecule has 1 atom stereocenters. The Morgan fingerprint density at radius 1 is 1.35 bits per heavy atom. The van der Waals surface area contributed by atoms with Gasteiger partial charge in [0.1, 0.15) is 0 Å². The molecule has 6 nitrogen and oxygen atoms in total. The molecule has 0 spiro atoms. The van der Waals surface area contributed by atoms with E-state index in [0.29, 0.717) is 29.2 Å². The highest BCUT2D eigenvalue weighted by Gasteiger charge is 2.28. The van der Waals surface area contributed by atoms with Gasteiger partial charge in [-0.1, -0.05) is 5.21 Å². The van der Waals surface area contributed by atoms with Crippen LogP contribution in [0.25, 0.3) is 11.3 Å². The van der Waals surface area contributed by atoms with Gasteiger partial charge in [-0.2, -0.15) is 0 Å². The zero-order valence-electron chi connectivity index (χ0n) is 13.9. The molecule has 1 amide bonds. The molecule has 4 rings (SSSR count). The van der Waals surface area contributed by atoms with E-state index >= 15 is 0 Å². The molecule has 9 heteroatoms. The summed E-state index contributed by atoms with van der Waals surface area (Å²) in [6, 6.07) is 3.61. The van der Waals surface area contributed by atoms with E-state index in [1.54, 1.807) is 10.1 Å².